The van der Waals surface area contributed by atoms with Crippen LogP contribution in [0.3, 0.4) is 0 Å². The summed E-state index contributed by atoms with van der Waals surface area (Å²) in [5.41, 5.74) is 0. The van der Waals surface area contributed by atoms with Crippen molar-refractivity contribution in [3.8, 4) is 5.95 Å². The van der Waals surface area contributed by atoms with E-state index in [0.29, 0.717) is 11.9 Å². The van der Waals surface area contributed by atoms with Gasteiger partial charge in [0.1, 0.15) is 0 Å². The lowest BCUT2D eigenvalue weighted by molar-refractivity contribution is 0.679. The van der Waals surface area contributed by atoms with E-state index in [9.17, 15) is 0 Å². The quantitative estimate of drug-likeness (QED) is 0.836. The second-order valence-corrected chi connectivity index (χ2v) is 5.35. The third kappa shape index (κ3) is 3.29. The highest BCUT2D eigenvalue weighted by Gasteiger charge is 2.25. The molecule has 1 saturated carbocycles. The normalized spacial score (nSPS) is 14.2. The third-order valence-electron chi connectivity index (χ3n) is 3.50. The number of nitrogens with zero attached hydrogens (tertiary/aromatic N) is 6. The monoisotopic (exact) mass is 287 g/mol. The van der Waals surface area contributed by atoms with Crippen LogP contribution >= 0.6 is 0 Å². The van der Waals surface area contributed by atoms with E-state index < -0.39 is 0 Å². The van der Waals surface area contributed by atoms with Crippen molar-refractivity contribution in [3.05, 3.63) is 18.5 Å². The number of anilines is 2. The summed E-state index contributed by atoms with van der Waals surface area (Å²) in [7, 11) is 1.82. The van der Waals surface area contributed by atoms with Crippen LogP contribution in [-0.4, -0.2) is 44.9 Å². The van der Waals surface area contributed by atoms with Crippen LogP contribution in [0.2, 0.25) is 0 Å². The van der Waals surface area contributed by atoms with Gasteiger partial charge in [-0.15, -0.1) is 0 Å². The number of rotatable bonds is 7. The van der Waals surface area contributed by atoms with E-state index in [0.717, 1.165) is 31.4 Å². The van der Waals surface area contributed by atoms with E-state index in [1.807, 2.05) is 19.3 Å². The molecule has 0 bridgehead atoms. The molecule has 2 aromatic heterocycles. The van der Waals surface area contributed by atoms with Gasteiger partial charge < -0.3 is 10.2 Å². The Morgan fingerprint density at radius 3 is 2.81 bits per heavy atom. The molecule has 0 unspecified atom stereocenters. The van der Waals surface area contributed by atoms with Gasteiger partial charge in [0.15, 0.2) is 0 Å². The summed E-state index contributed by atoms with van der Waals surface area (Å²) in [6.45, 7) is 4.16. The minimum atomic E-state index is 0.547. The molecule has 3 rings (SSSR count). The van der Waals surface area contributed by atoms with Crippen molar-refractivity contribution >= 4 is 11.9 Å². The molecule has 0 aromatic carbocycles. The second kappa shape index (κ2) is 6.07. The van der Waals surface area contributed by atoms with E-state index in [1.165, 1.54) is 12.8 Å². The Bertz CT molecular complexity index is 577. The Kier molecular flexibility index (Phi) is 3.98. The maximum absolute atomic E-state index is 4.59. The first-order valence-corrected chi connectivity index (χ1v) is 7.49. The molecule has 1 aliphatic rings. The van der Waals surface area contributed by atoms with Crippen LogP contribution in [0.1, 0.15) is 26.2 Å². The standard InChI is InChI=1S/C14H21N7/c1-3-8-20(10-11-5-6-11)13-17-12(15-2)18-14(19-13)21-9-4-7-16-21/h4,7,9,11H,3,5-6,8,10H2,1-2H3,(H,15,17,18,19). The molecule has 7 heteroatoms. The zero-order valence-corrected chi connectivity index (χ0v) is 12.5. The average Bonchev–Trinajstić information content (AvgIpc) is 3.16. The van der Waals surface area contributed by atoms with E-state index in [2.05, 4.69) is 37.2 Å². The van der Waals surface area contributed by atoms with Crippen molar-refractivity contribution in [2.45, 2.75) is 26.2 Å². The highest BCUT2D eigenvalue weighted by Crippen LogP contribution is 2.31. The van der Waals surface area contributed by atoms with E-state index in [-0.39, 0.29) is 0 Å². The largest absolute Gasteiger partial charge is 0.357 e. The Morgan fingerprint density at radius 1 is 1.33 bits per heavy atom. The summed E-state index contributed by atoms with van der Waals surface area (Å²) in [5, 5.41) is 7.20. The average molecular weight is 287 g/mol. The second-order valence-electron chi connectivity index (χ2n) is 5.35. The lowest BCUT2D eigenvalue weighted by atomic mass is 10.3. The van der Waals surface area contributed by atoms with Crippen molar-refractivity contribution in [3.63, 3.8) is 0 Å². The third-order valence-corrected chi connectivity index (χ3v) is 3.50. The molecule has 0 aliphatic heterocycles. The van der Waals surface area contributed by atoms with Crippen LogP contribution < -0.4 is 10.2 Å². The Balaban J connectivity index is 1.93. The Morgan fingerprint density at radius 2 is 2.19 bits per heavy atom. The van der Waals surface area contributed by atoms with E-state index >= 15 is 0 Å². The molecule has 0 saturated heterocycles. The molecule has 1 fully saturated rings. The SMILES string of the molecule is CCCN(CC1CC1)c1nc(NC)nc(-n2cccn2)n1. The molecule has 112 valence electrons. The fraction of sp³-hybridized carbons (Fsp3) is 0.571. The summed E-state index contributed by atoms with van der Waals surface area (Å²) in [6.07, 6.45) is 7.26. The first-order valence-electron chi connectivity index (χ1n) is 7.49. The summed E-state index contributed by atoms with van der Waals surface area (Å²) in [4.78, 5) is 15.7. The molecule has 2 heterocycles. The molecular weight excluding hydrogens is 266 g/mol. The smallest absolute Gasteiger partial charge is 0.257 e. The van der Waals surface area contributed by atoms with Crippen molar-refractivity contribution in [1.29, 1.82) is 0 Å². The zero-order valence-electron chi connectivity index (χ0n) is 12.5. The van der Waals surface area contributed by atoms with Gasteiger partial charge >= 0.3 is 0 Å². The summed E-state index contributed by atoms with van der Waals surface area (Å²) < 4.78 is 1.66. The maximum atomic E-state index is 4.59. The Labute approximate surface area is 124 Å². The molecule has 0 radical (unpaired) electrons. The van der Waals surface area contributed by atoms with Gasteiger partial charge in [-0.25, -0.2) is 4.68 Å². The topological polar surface area (TPSA) is 71.8 Å². The first kappa shape index (κ1) is 13.8. The van der Waals surface area contributed by atoms with E-state index in [1.54, 1.807) is 10.9 Å². The highest BCUT2D eigenvalue weighted by atomic mass is 15.4. The van der Waals surface area contributed by atoms with Gasteiger partial charge in [0.25, 0.3) is 5.95 Å². The van der Waals surface area contributed by atoms with Crippen LogP contribution in [0, 0.1) is 5.92 Å². The molecule has 0 atom stereocenters. The van der Waals surface area contributed by atoms with Gasteiger partial charge in [0.05, 0.1) is 0 Å². The lowest BCUT2D eigenvalue weighted by Gasteiger charge is -2.22. The molecule has 21 heavy (non-hydrogen) atoms. The molecule has 0 amide bonds. The number of aromatic nitrogens is 5. The van der Waals surface area contributed by atoms with Crippen LogP contribution in [0.15, 0.2) is 18.5 Å². The molecule has 2 aromatic rings. The first-order chi connectivity index (χ1) is 10.3. The van der Waals surface area contributed by atoms with Gasteiger partial charge in [-0.2, -0.15) is 20.1 Å². The van der Waals surface area contributed by atoms with Crippen molar-refractivity contribution in [2.24, 2.45) is 5.92 Å². The number of hydrogen-bond acceptors (Lipinski definition) is 6. The van der Waals surface area contributed by atoms with Crippen LogP contribution in [0.4, 0.5) is 11.9 Å². The predicted octanol–water partition coefficient (Wildman–Crippen LogP) is 1.73. The maximum Gasteiger partial charge on any atom is 0.257 e. The fourth-order valence-corrected chi connectivity index (χ4v) is 2.25. The van der Waals surface area contributed by atoms with E-state index in [4.69, 9.17) is 0 Å². The molecular formula is C14H21N7. The minimum Gasteiger partial charge on any atom is -0.357 e. The van der Waals surface area contributed by atoms with Gasteiger partial charge in [-0.1, -0.05) is 6.92 Å². The van der Waals surface area contributed by atoms with Gasteiger partial charge in [0, 0.05) is 32.5 Å². The summed E-state index contributed by atoms with van der Waals surface area (Å²) >= 11 is 0. The van der Waals surface area contributed by atoms with Crippen LogP contribution in [0.5, 0.6) is 0 Å². The van der Waals surface area contributed by atoms with Crippen LogP contribution in [-0.2, 0) is 0 Å². The molecule has 1 aliphatic carbocycles. The number of hydrogen-bond donors (Lipinski definition) is 1. The minimum absolute atomic E-state index is 0.547. The van der Waals surface area contributed by atoms with Crippen molar-refractivity contribution in [2.75, 3.05) is 30.4 Å². The van der Waals surface area contributed by atoms with Gasteiger partial charge in [-0.3, -0.25) is 0 Å². The summed E-state index contributed by atoms with van der Waals surface area (Å²) in [6, 6.07) is 1.86. The zero-order chi connectivity index (χ0) is 14.7. The predicted molar refractivity (Wildman–Crippen MR) is 81.7 cm³/mol. The molecule has 0 spiro atoms. The molecule has 7 nitrogen and oxygen atoms in total. The van der Waals surface area contributed by atoms with Crippen molar-refractivity contribution in [1.82, 2.24) is 24.7 Å². The highest BCUT2D eigenvalue weighted by molar-refractivity contribution is 5.40. The Hall–Kier alpha value is -2.18. The summed E-state index contributed by atoms with van der Waals surface area (Å²) in [5.74, 6) is 2.64. The van der Waals surface area contributed by atoms with Gasteiger partial charge in [-0.05, 0) is 31.2 Å². The van der Waals surface area contributed by atoms with Gasteiger partial charge in [0.2, 0.25) is 11.9 Å². The molecule has 1 N–H and O–H groups in total. The fourth-order valence-electron chi connectivity index (χ4n) is 2.25. The number of nitrogens with one attached hydrogen (secondary N) is 1. The van der Waals surface area contributed by atoms with Crippen molar-refractivity contribution < 1.29 is 0 Å². The van der Waals surface area contributed by atoms with Crippen LogP contribution in [0.25, 0.3) is 5.95 Å². The lowest BCUT2D eigenvalue weighted by Crippen LogP contribution is -2.29.